The molecule has 0 spiro atoms. The van der Waals surface area contributed by atoms with Crippen molar-refractivity contribution in [3.8, 4) is 0 Å². The molecule has 1 aliphatic rings. The van der Waals surface area contributed by atoms with Gasteiger partial charge in [-0.1, -0.05) is 33.6 Å². The number of hydrogen-bond acceptors (Lipinski definition) is 1. The summed E-state index contributed by atoms with van der Waals surface area (Å²) in [5.74, 6) is 0.209. The number of nitrogens with zero attached hydrogens (tertiary/aromatic N) is 1. The van der Waals surface area contributed by atoms with Gasteiger partial charge in [0.15, 0.2) is 0 Å². The lowest BCUT2D eigenvalue weighted by Gasteiger charge is -2.15. The Balaban J connectivity index is 2.05. The average molecular weight is 303 g/mol. The predicted molar refractivity (Wildman–Crippen MR) is 68.7 cm³/mol. The number of likely N-dealkylation sites (tertiary alicyclic amines) is 1. The molecule has 0 saturated carbocycles. The molecule has 0 aromatic heterocycles. The maximum absolute atomic E-state index is 11.9. The molecular weight excluding hydrogens is 289 g/mol. The second-order valence-corrected chi connectivity index (χ2v) is 5.29. The summed E-state index contributed by atoms with van der Waals surface area (Å²) in [6.07, 6.45) is 2.72. The highest BCUT2D eigenvalue weighted by atomic mass is 79.9. The molecule has 0 aliphatic carbocycles. The zero-order valence-electron chi connectivity index (χ0n) is 8.88. The van der Waals surface area contributed by atoms with E-state index in [0.717, 1.165) is 36.0 Å². The molecule has 2 rings (SSSR count). The average Bonchev–Trinajstić information content (AvgIpc) is 2.75. The summed E-state index contributed by atoms with van der Waals surface area (Å²) in [4.78, 5) is 13.9. The van der Waals surface area contributed by atoms with Crippen LogP contribution in [0, 0.1) is 0 Å². The molecule has 1 aromatic rings. The number of carbonyl (C=O) groups excluding carboxylic acids is 1. The molecule has 0 atom stereocenters. The summed E-state index contributed by atoms with van der Waals surface area (Å²) in [6.45, 7) is 1.81. The molecule has 0 unspecified atom stereocenters. The Bertz CT molecular complexity index is 402. The van der Waals surface area contributed by atoms with Crippen LogP contribution in [0.25, 0.3) is 0 Å². The van der Waals surface area contributed by atoms with Gasteiger partial charge in [0.05, 0.1) is 6.42 Å². The Morgan fingerprint density at radius 3 is 2.69 bits per heavy atom. The first-order valence-corrected chi connectivity index (χ1v) is 6.55. The summed E-state index contributed by atoms with van der Waals surface area (Å²) in [5.41, 5.74) is 1.00. The fourth-order valence-corrected chi connectivity index (χ4v) is 2.73. The van der Waals surface area contributed by atoms with Crippen LogP contribution < -0.4 is 0 Å². The van der Waals surface area contributed by atoms with Crippen molar-refractivity contribution in [1.82, 2.24) is 4.90 Å². The zero-order chi connectivity index (χ0) is 11.5. The predicted octanol–water partition coefficient (Wildman–Crippen LogP) is 3.27. The smallest absolute Gasteiger partial charge is 0.227 e. The molecule has 86 valence electrons. The molecule has 1 aromatic carbocycles. The van der Waals surface area contributed by atoms with E-state index in [4.69, 9.17) is 11.6 Å². The Kier molecular flexibility index (Phi) is 3.87. The molecule has 1 amide bonds. The van der Waals surface area contributed by atoms with Crippen molar-refractivity contribution in [3.05, 3.63) is 33.3 Å². The molecule has 0 bridgehead atoms. The molecular formula is C12H13BrClNO. The molecule has 1 saturated heterocycles. The van der Waals surface area contributed by atoms with E-state index in [1.54, 1.807) is 0 Å². The maximum atomic E-state index is 11.9. The van der Waals surface area contributed by atoms with Crippen LogP contribution in [-0.4, -0.2) is 23.9 Å². The van der Waals surface area contributed by atoms with Crippen LogP contribution >= 0.6 is 27.5 Å². The molecule has 1 heterocycles. The summed E-state index contributed by atoms with van der Waals surface area (Å²) < 4.78 is 0.910. The van der Waals surface area contributed by atoms with Gasteiger partial charge in [-0.2, -0.15) is 0 Å². The third kappa shape index (κ3) is 2.77. The molecule has 16 heavy (non-hydrogen) atoms. The van der Waals surface area contributed by atoms with Crippen molar-refractivity contribution in [3.63, 3.8) is 0 Å². The van der Waals surface area contributed by atoms with Crippen molar-refractivity contribution in [2.75, 3.05) is 13.1 Å². The van der Waals surface area contributed by atoms with Crippen LogP contribution in [0.3, 0.4) is 0 Å². The normalized spacial score (nSPS) is 15.5. The van der Waals surface area contributed by atoms with Gasteiger partial charge in [-0.3, -0.25) is 4.79 Å². The van der Waals surface area contributed by atoms with Gasteiger partial charge in [-0.05, 0) is 30.5 Å². The van der Waals surface area contributed by atoms with Crippen molar-refractivity contribution >= 4 is 33.4 Å². The summed E-state index contributed by atoms with van der Waals surface area (Å²) in [5, 5.41) is 0.684. The van der Waals surface area contributed by atoms with Crippen LogP contribution in [0.1, 0.15) is 18.4 Å². The quantitative estimate of drug-likeness (QED) is 0.821. The van der Waals surface area contributed by atoms with Crippen LogP contribution in [-0.2, 0) is 11.2 Å². The number of hydrogen-bond donors (Lipinski definition) is 0. The van der Waals surface area contributed by atoms with E-state index in [1.165, 1.54) is 0 Å². The summed E-state index contributed by atoms with van der Waals surface area (Å²) in [7, 11) is 0. The Morgan fingerprint density at radius 1 is 1.38 bits per heavy atom. The summed E-state index contributed by atoms with van der Waals surface area (Å²) in [6, 6.07) is 5.55. The minimum atomic E-state index is 0.209. The number of rotatable bonds is 2. The first kappa shape index (κ1) is 11.9. The first-order chi connectivity index (χ1) is 7.66. The van der Waals surface area contributed by atoms with E-state index in [2.05, 4.69) is 15.9 Å². The van der Waals surface area contributed by atoms with Gasteiger partial charge in [-0.15, -0.1) is 0 Å². The molecule has 1 fully saturated rings. The third-order valence-electron chi connectivity index (χ3n) is 2.82. The second-order valence-electron chi connectivity index (χ2n) is 4.00. The Morgan fingerprint density at radius 2 is 2.06 bits per heavy atom. The van der Waals surface area contributed by atoms with Crippen LogP contribution in [0.2, 0.25) is 5.02 Å². The lowest BCUT2D eigenvalue weighted by Crippen LogP contribution is -2.29. The Hall–Kier alpha value is -0.540. The highest BCUT2D eigenvalue weighted by molar-refractivity contribution is 9.10. The van der Waals surface area contributed by atoms with Gasteiger partial charge in [0.1, 0.15) is 0 Å². The number of carbonyl (C=O) groups is 1. The van der Waals surface area contributed by atoms with Crippen molar-refractivity contribution in [1.29, 1.82) is 0 Å². The third-order valence-corrected chi connectivity index (χ3v) is 3.79. The van der Waals surface area contributed by atoms with Gasteiger partial charge in [0.25, 0.3) is 0 Å². The Labute approximate surface area is 109 Å². The molecule has 2 nitrogen and oxygen atoms in total. The van der Waals surface area contributed by atoms with E-state index in [9.17, 15) is 4.79 Å². The van der Waals surface area contributed by atoms with Crippen molar-refractivity contribution in [2.45, 2.75) is 19.3 Å². The van der Waals surface area contributed by atoms with Gasteiger partial charge in [-0.25, -0.2) is 0 Å². The molecule has 0 radical (unpaired) electrons. The molecule has 4 heteroatoms. The monoisotopic (exact) mass is 301 g/mol. The number of benzene rings is 1. The lowest BCUT2D eigenvalue weighted by atomic mass is 10.1. The SMILES string of the molecule is O=C(Cc1ccc(Cl)cc1Br)N1CCCC1. The topological polar surface area (TPSA) is 20.3 Å². The van der Waals surface area contributed by atoms with Crippen molar-refractivity contribution < 1.29 is 4.79 Å². The van der Waals surface area contributed by atoms with Crippen LogP contribution in [0.15, 0.2) is 22.7 Å². The van der Waals surface area contributed by atoms with Gasteiger partial charge < -0.3 is 4.90 Å². The van der Waals surface area contributed by atoms with Gasteiger partial charge in [0.2, 0.25) is 5.91 Å². The molecule has 1 aliphatic heterocycles. The fourth-order valence-electron chi connectivity index (χ4n) is 1.91. The first-order valence-electron chi connectivity index (χ1n) is 5.38. The van der Waals surface area contributed by atoms with E-state index in [-0.39, 0.29) is 5.91 Å². The maximum Gasteiger partial charge on any atom is 0.227 e. The minimum absolute atomic E-state index is 0.209. The number of amides is 1. The highest BCUT2D eigenvalue weighted by Crippen LogP contribution is 2.22. The second kappa shape index (κ2) is 5.19. The highest BCUT2D eigenvalue weighted by Gasteiger charge is 2.18. The lowest BCUT2D eigenvalue weighted by molar-refractivity contribution is -0.129. The van der Waals surface area contributed by atoms with E-state index in [1.807, 2.05) is 23.1 Å². The standard InChI is InChI=1S/C12H13BrClNO/c13-11-8-10(14)4-3-9(11)7-12(16)15-5-1-2-6-15/h3-4,8H,1-2,5-7H2. The number of halogens is 2. The minimum Gasteiger partial charge on any atom is -0.342 e. The van der Waals surface area contributed by atoms with Crippen molar-refractivity contribution in [2.24, 2.45) is 0 Å². The largest absolute Gasteiger partial charge is 0.342 e. The van der Waals surface area contributed by atoms with E-state index < -0.39 is 0 Å². The van der Waals surface area contributed by atoms with Crippen LogP contribution in [0.5, 0.6) is 0 Å². The van der Waals surface area contributed by atoms with E-state index >= 15 is 0 Å². The van der Waals surface area contributed by atoms with Crippen LogP contribution in [0.4, 0.5) is 0 Å². The van der Waals surface area contributed by atoms with E-state index in [0.29, 0.717) is 11.4 Å². The summed E-state index contributed by atoms with van der Waals surface area (Å²) >= 11 is 9.28. The molecule has 0 N–H and O–H groups in total. The van der Waals surface area contributed by atoms with Gasteiger partial charge >= 0.3 is 0 Å². The van der Waals surface area contributed by atoms with Gasteiger partial charge in [0, 0.05) is 22.6 Å². The fraction of sp³-hybridized carbons (Fsp3) is 0.417. The zero-order valence-corrected chi connectivity index (χ0v) is 11.2.